The maximum atomic E-state index is 13.0. The standard InChI is InChI=1S/C26H32N4O6S2/c1-17(24(33)27-15-19-12-8-5-9-13-19)22(31)23(32)20(14-18-10-6-4-7-11-18)28-25(34)21-16-37-26(29-21)30(2)38(3,35)36/h4-13,16-17,20,22-23,31-32H,14-15H2,1-3H3,(H,27,33)(H,28,34)/t17-,20+,22-,23-/m1/s1. The average Bonchev–Trinajstić information content (AvgIpc) is 3.40. The minimum atomic E-state index is -3.56. The molecule has 204 valence electrons. The zero-order valence-electron chi connectivity index (χ0n) is 21.3. The van der Waals surface area contributed by atoms with Crippen LogP contribution in [0, 0.1) is 5.92 Å². The minimum Gasteiger partial charge on any atom is -0.390 e. The number of sulfonamides is 1. The number of anilines is 1. The number of carbonyl (C=O) groups excluding carboxylic acids is 2. The molecule has 1 aromatic heterocycles. The van der Waals surface area contributed by atoms with Crippen LogP contribution in [0.3, 0.4) is 0 Å². The van der Waals surface area contributed by atoms with Crippen molar-refractivity contribution in [3.8, 4) is 0 Å². The first-order chi connectivity index (χ1) is 18.0. The summed E-state index contributed by atoms with van der Waals surface area (Å²) >= 11 is 0.981. The van der Waals surface area contributed by atoms with Gasteiger partial charge in [-0.15, -0.1) is 11.3 Å². The third-order valence-corrected chi connectivity index (χ3v) is 8.30. The molecule has 0 saturated heterocycles. The van der Waals surface area contributed by atoms with E-state index in [0.717, 1.165) is 33.0 Å². The molecular formula is C26H32N4O6S2. The average molecular weight is 561 g/mol. The number of aromatic nitrogens is 1. The Balaban J connectivity index is 1.73. The van der Waals surface area contributed by atoms with Crippen molar-refractivity contribution in [1.29, 1.82) is 0 Å². The van der Waals surface area contributed by atoms with Gasteiger partial charge < -0.3 is 20.8 Å². The first kappa shape index (κ1) is 29.2. The summed E-state index contributed by atoms with van der Waals surface area (Å²) in [5.74, 6) is -2.07. The van der Waals surface area contributed by atoms with Crippen LogP contribution in [-0.4, -0.2) is 67.0 Å². The van der Waals surface area contributed by atoms with E-state index in [1.807, 2.05) is 60.7 Å². The zero-order chi connectivity index (χ0) is 27.9. The number of nitrogens with zero attached hydrogens (tertiary/aromatic N) is 2. The highest BCUT2D eigenvalue weighted by Crippen LogP contribution is 2.22. The lowest BCUT2D eigenvalue weighted by Crippen LogP contribution is -2.53. The van der Waals surface area contributed by atoms with Crippen molar-refractivity contribution in [2.75, 3.05) is 17.6 Å². The van der Waals surface area contributed by atoms with E-state index in [-0.39, 0.29) is 23.8 Å². The maximum Gasteiger partial charge on any atom is 0.271 e. The van der Waals surface area contributed by atoms with Gasteiger partial charge in [0.15, 0.2) is 5.13 Å². The molecule has 4 N–H and O–H groups in total. The summed E-state index contributed by atoms with van der Waals surface area (Å²) in [6.07, 6.45) is -1.78. The summed E-state index contributed by atoms with van der Waals surface area (Å²) in [6.45, 7) is 1.77. The molecule has 12 heteroatoms. The molecule has 1 heterocycles. The quantitative estimate of drug-likeness (QED) is 0.263. The van der Waals surface area contributed by atoms with Crippen molar-refractivity contribution < 1.29 is 28.2 Å². The van der Waals surface area contributed by atoms with Gasteiger partial charge in [-0.1, -0.05) is 67.6 Å². The zero-order valence-corrected chi connectivity index (χ0v) is 22.9. The topological polar surface area (TPSA) is 149 Å². The molecule has 0 fully saturated rings. The van der Waals surface area contributed by atoms with Gasteiger partial charge in [0.1, 0.15) is 11.8 Å². The number of aliphatic hydroxyl groups is 2. The molecule has 0 bridgehead atoms. The van der Waals surface area contributed by atoms with Gasteiger partial charge in [0, 0.05) is 19.0 Å². The molecule has 38 heavy (non-hydrogen) atoms. The normalized spacial score (nSPS) is 14.7. The number of aliphatic hydroxyl groups excluding tert-OH is 2. The van der Waals surface area contributed by atoms with Crippen LogP contribution >= 0.6 is 11.3 Å². The number of carbonyl (C=O) groups is 2. The summed E-state index contributed by atoms with van der Waals surface area (Å²) in [4.78, 5) is 29.8. The van der Waals surface area contributed by atoms with E-state index in [0.29, 0.717) is 0 Å². The lowest BCUT2D eigenvalue weighted by atomic mass is 9.90. The van der Waals surface area contributed by atoms with Gasteiger partial charge in [-0.3, -0.25) is 9.59 Å². The van der Waals surface area contributed by atoms with Crippen molar-refractivity contribution in [3.63, 3.8) is 0 Å². The molecule has 0 aliphatic rings. The molecule has 0 aliphatic carbocycles. The number of hydrogen-bond donors (Lipinski definition) is 4. The number of hydrogen-bond acceptors (Lipinski definition) is 8. The van der Waals surface area contributed by atoms with E-state index in [1.54, 1.807) is 0 Å². The third-order valence-electron chi connectivity index (χ3n) is 6.10. The Morgan fingerprint density at radius 3 is 2.16 bits per heavy atom. The molecule has 2 amide bonds. The van der Waals surface area contributed by atoms with Gasteiger partial charge in [0.25, 0.3) is 5.91 Å². The van der Waals surface area contributed by atoms with Gasteiger partial charge in [-0.25, -0.2) is 17.7 Å². The fourth-order valence-electron chi connectivity index (χ4n) is 3.66. The van der Waals surface area contributed by atoms with E-state index in [9.17, 15) is 28.2 Å². The predicted octanol–water partition coefficient (Wildman–Crippen LogP) is 1.55. The van der Waals surface area contributed by atoms with Gasteiger partial charge in [-0.05, 0) is 17.5 Å². The van der Waals surface area contributed by atoms with Crippen LogP contribution in [0.4, 0.5) is 5.13 Å². The SMILES string of the molecule is C[C@@H](C(=O)NCc1ccccc1)[C@@H](O)[C@H](O)[C@H](Cc1ccccc1)NC(=O)c1csc(N(C)S(C)(=O)=O)n1. The Hall–Kier alpha value is -3.32. The summed E-state index contributed by atoms with van der Waals surface area (Å²) in [5, 5.41) is 29.0. The number of nitrogens with one attached hydrogen (secondary N) is 2. The van der Waals surface area contributed by atoms with Crippen molar-refractivity contribution in [2.24, 2.45) is 5.92 Å². The van der Waals surface area contributed by atoms with Crippen molar-refractivity contribution in [2.45, 2.75) is 38.1 Å². The largest absolute Gasteiger partial charge is 0.390 e. The highest BCUT2D eigenvalue weighted by Gasteiger charge is 2.35. The summed E-state index contributed by atoms with van der Waals surface area (Å²) < 4.78 is 24.6. The molecule has 0 saturated carbocycles. The second-order valence-corrected chi connectivity index (χ2v) is 11.8. The van der Waals surface area contributed by atoms with E-state index in [1.165, 1.54) is 19.4 Å². The fraction of sp³-hybridized carbons (Fsp3) is 0.346. The van der Waals surface area contributed by atoms with Crippen molar-refractivity contribution in [3.05, 3.63) is 82.9 Å². The number of thiazole rings is 1. The Morgan fingerprint density at radius 1 is 1.00 bits per heavy atom. The minimum absolute atomic E-state index is 0.0334. The summed E-state index contributed by atoms with van der Waals surface area (Å²) in [7, 11) is -2.23. The van der Waals surface area contributed by atoms with E-state index in [2.05, 4.69) is 15.6 Å². The lowest BCUT2D eigenvalue weighted by molar-refractivity contribution is -0.131. The van der Waals surface area contributed by atoms with Gasteiger partial charge in [-0.2, -0.15) is 0 Å². The first-order valence-electron chi connectivity index (χ1n) is 11.9. The number of rotatable bonds is 12. The van der Waals surface area contributed by atoms with E-state index >= 15 is 0 Å². The van der Waals surface area contributed by atoms with Crippen molar-refractivity contribution in [1.82, 2.24) is 15.6 Å². The Labute approximate surface area is 226 Å². The van der Waals surface area contributed by atoms with Crippen LogP contribution in [-0.2, 0) is 27.8 Å². The highest BCUT2D eigenvalue weighted by atomic mass is 32.2. The van der Waals surface area contributed by atoms with Crippen LogP contribution in [0.15, 0.2) is 66.0 Å². The molecule has 4 atom stereocenters. The molecule has 3 aromatic rings. The molecule has 3 rings (SSSR count). The molecule has 10 nitrogen and oxygen atoms in total. The Bertz CT molecular complexity index is 1320. The second-order valence-electron chi connectivity index (χ2n) is 8.99. The fourth-order valence-corrected chi connectivity index (χ4v) is 5.19. The van der Waals surface area contributed by atoms with Gasteiger partial charge in [0.2, 0.25) is 15.9 Å². The summed E-state index contributed by atoms with van der Waals surface area (Å²) in [5.41, 5.74) is 1.65. The van der Waals surface area contributed by atoms with E-state index < -0.39 is 46.0 Å². The van der Waals surface area contributed by atoms with Crippen LogP contribution in [0.25, 0.3) is 0 Å². The van der Waals surface area contributed by atoms with Crippen LogP contribution < -0.4 is 14.9 Å². The molecule has 0 aliphatic heterocycles. The van der Waals surface area contributed by atoms with E-state index in [4.69, 9.17) is 0 Å². The Morgan fingerprint density at radius 2 is 1.58 bits per heavy atom. The predicted molar refractivity (Wildman–Crippen MR) is 146 cm³/mol. The monoisotopic (exact) mass is 560 g/mol. The smallest absolute Gasteiger partial charge is 0.271 e. The van der Waals surface area contributed by atoms with Crippen molar-refractivity contribution >= 4 is 38.3 Å². The lowest BCUT2D eigenvalue weighted by Gasteiger charge is -2.30. The highest BCUT2D eigenvalue weighted by molar-refractivity contribution is 7.92. The summed E-state index contributed by atoms with van der Waals surface area (Å²) in [6, 6.07) is 17.4. The Kier molecular flexibility index (Phi) is 9.97. The molecule has 0 unspecified atom stereocenters. The number of amides is 2. The molecule has 0 radical (unpaired) electrons. The molecular weight excluding hydrogens is 528 g/mol. The van der Waals surface area contributed by atoms with Crippen LogP contribution in [0.5, 0.6) is 0 Å². The maximum absolute atomic E-state index is 13.0. The van der Waals surface area contributed by atoms with Gasteiger partial charge >= 0.3 is 0 Å². The molecule has 0 spiro atoms. The first-order valence-corrected chi connectivity index (χ1v) is 14.6. The number of benzene rings is 2. The second kappa shape index (κ2) is 13.0. The van der Waals surface area contributed by atoms with Crippen LogP contribution in [0.1, 0.15) is 28.5 Å². The van der Waals surface area contributed by atoms with Crippen LogP contribution in [0.2, 0.25) is 0 Å². The molecule has 2 aromatic carbocycles. The third kappa shape index (κ3) is 7.84. The van der Waals surface area contributed by atoms with Gasteiger partial charge in [0.05, 0.1) is 24.3 Å².